The van der Waals surface area contributed by atoms with Crippen LogP contribution < -0.4 is 4.90 Å². The smallest absolute Gasteiger partial charge is 0.167 e. The molecule has 2 aromatic rings. The second-order valence-electron chi connectivity index (χ2n) is 6.36. The molecule has 0 spiro atoms. The number of benzene rings is 2. The third-order valence-electron chi connectivity index (χ3n) is 4.63. The van der Waals surface area contributed by atoms with Crippen molar-refractivity contribution >= 4 is 5.69 Å². The fourth-order valence-corrected chi connectivity index (χ4v) is 3.13. The van der Waals surface area contributed by atoms with Crippen molar-refractivity contribution in [3.8, 4) is 18.2 Å². The van der Waals surface area contributed by atoms with E-state index in [1.165, 1.54) is 36.4 Å². The van der Waals surface area contributed by atoms with E-state index in [1.807, 2.05) is 0 Å². The highest BCUT2D eigenvalue weighted by atomic mass is 19.2. The molecule has 2 rings (SSSR count). The fourth-order valence-electron chi connectivity index (χ4n) is 3.13. The van der Waals surface area contributed by atoms with Crippen LogP contribution in [0.2, 0.25) is 0 Å². The molecule has 0 unspecified atom stereocenters. The van der Waals surface area contributed by atoms with Gasteiger partial charge >= 0.3 is 0 Å². The molecule has 1 atom stereocenters. The molecule has 0 bridgehead atoms. The lowest BCUT2D eigenvalue weighted by Gasteiger charge is -2.23. The maximum Gasteiger partial charge on any atom is 0.167 e. The number of anilines is 1. The van der Waals surface area contributed by atoms with E-state index in [2.05, 4.69) is 0 Å². The average Bonchev–Trinajstić information content (AvgIpc) is 2.78. The van der Waals surface area contributed by atoms with E-state index < -0.39 is 46.2 Å². The average molecular weight is 432 g/mol. The number of aliphatic hydroxyl groups excluding tert-OH is 2. The van der Waals surface area contributed by atoms with Crippen LogP contribution in [0.4, 0.5) is 23.2 Å². The topological polar surface area (TPSA) is 115 Å². The molecule has 0 saturated heterocycles. The Kier molecular flexibility index (Phi) is 7.93. The van der Waals surface area contributed by atoms with Gasteiger partial charge in [-0.1, -0.05) is 12.1 Å². The lowest BCUT2D eigenvalue weighted by Crippen LogP contribution is -2.29. The van der Waals surface area contributed by atoms with E-state index in [1.54, 1.807) is 11.0 Å². The van der Waals surface area contributed by atoms with Gasteiger partial charge < -0.3 is 15.1 Å². The van der Waals surface area contributed by atoms with Crippen LogP contribution in [0.3, 0.4) is 0 Å². The van der Waals surface area contributed by atoms with Gasteiger partial charge in [0.05, 0.1) is 42.5 Å². The van der Waals surface area contributed by atoms with Crippen LogP contribution in [-0.2, 0) is 0 Å². The first-order valence-electron chi connectivity index (χ1n) is 8.97. The summed E-state index contributed by atoms with van der Waals surface area (Å²) in [4.78, 5) is 1.62. The quantitative estimate of drug-likeness (QED) is 0.490. The van der Waals surface area contributed by atoms with E-state index in [0.717, 1.165) is 0 Å². The van der Waals surface area contributed by atoms with E-state index >= 15 is 0 Å². The van der Waals surface area contributed by atoms with Gasteiger partial charge in [0.1, 0.15) is 5.92 Å². The largest absolute Gasteiger partial charge is 0.395 e. The molecule has 0 aliphatic carbocycles. The first-order valence-corrected chi connectivity index (χ1v) is 8.97. The predicted octanol–water partition coefficient (Wildman–Crippen LogP) is 2.82. The van der Waals surface area contributed by atoms with Gasteiger partial charge in [0.25, 0.3) is 0 Å². The minimum Gasteiger partial charge on any atom is -0.395 e. The van der Waals surface area contributed by atoms with E-state index in [9.17, 15) is 22.8 Å². The first kappa shape index (κ1) is 23.6. The Bertz CT molecular complexity index is 1020. The third-order valence-corrected chi connectivity index (χ3v) is 4.63. The molecule has 6 nitrogen and oxygen atoms in total. The van der Waals surface area contributed by atoms with Gasteiger partial charge in [0, 0.05) is 18.8 Å². The van der Waals surface area contributed by atoms with Crippen LogP contribution in [0, 0.1) is 57.3 Å². The molecule has 2 N–H and O–H groups in total. The number of nitriles is 3. The lowest BCUT2D eigenvalue weighted by molar-refractivity contribution is 0.281. The van der Waals surface area contributed by atoms with Gasteiger partial charge in [-0.25, -0.2) is 17.6 Å². The van der Waals surface area contributed by atoms with Crippen molar-refractivity contribution in [2.24, 2.45) is 0 Å². The summed E-state index contributed by atoms with van der Waals surface area (Å²) in [6, 6.07) is 9.69. The Morgan fingerprint density at radius 2 is 1.19 bits per heavy atom. The number of hydrogen-bond acceptors (Lipinski definition) is 6. The number of hydrogen-bond donors (Lipinski definition) is 2. The molecule has 0 fully saturated rings. The minimum atomic E-state index is -2.07. The van der Waals surface area contributed by atoms with Crippen LogP contribution >= 0.6 is 0 Å². The second-order valence-corrected chi connectivity index (χ2v) is 6.36. The summed E-state index contributed by atoms with van der Waals surface area (Å²) in [5.74, 6) is -11.3. The number of nitrogens with zero attached hydrogens (tertiary/aromatic N) is 4. The standard InChI is InChI=1S/C21H16F4N4O2/c22-18-16(13(9-26)10-27)19(23)21(25)17(20(18)24)15(11-28)12-1-3-14(4-2-12)29(5-7-30)6-8-31/h1-4,13,15,30-31H,5-8H2/t15-/m1/s1. The predicted molar refractivity (Wildman–Crippen MR) is 101 cm³/mol. The van der Waals surface area contributed by atoms with Gasteiger partial charge in [0.2, 0.25) is 0 Å². The summed E-state index contributed by atoms with van der Waals surface area (Å²) in [6.45, 7) is -0.00404. The highest BCUT2D eigenvalue weighted by Gasteiger charge is 2.34. The van der Waals surface area contributed by atoms with Crippen molar-refractivity contribution in [3.05, 3.63) is 64.2 Å². The molecule has 0 aromatic heterocycles. The summed E-state index contributed by atoms with van der Waals surface area (Å²) in [6.07, 6.45) is 0. The zero-order chi connectivity index (χ0) is 23.1. The zero-order valence-electron chi connectivity index (χ0n) is 16.0. The molecule has 0 radical (unpaired) electrons. The molecule has 31 heavy (non-hydrogen) atoms. The first-order chi connectivity index (χ1) is 14.9. The maximum atomic E-state index is 14.7. The SMILES string of the molecule is N#CC(C#N)c1c(F)c(F)c([C@H](C#N)c2ccc(N(CCO)CCO)cc2)c(F)c1F. The van der Waals surface area contributed by atoms with Crippen molar-refractivity contribution in [1.29, 1.82) is 15.8 Å². The highest BCUT2D eigenvalue weighted by Crippen LogP contribution is 2.36. The maximum absolute atomic E-state index is 14.7. The Hall–Kier alpha value is -3.65. The molecular weight excluding hydrogens is 416 g/mol. The lowest BCUT2D eigenvalue weighted by atomic mass is 9.88. The number of aliphatic hydroxyl groups is 2. The highest BCUT2D eigenvalue weighted by molar-refractivity contribution is 5.51. The number of rotatable bonds is 8. The Labute approximate surface area is 175 Å². The Balaban J connectivity index is 2.56. The number of halogens is 4. The van der Waals surface area contributed by atoms with Crippen LogP contribution in [0.25, 0.3) is 0 Å². The minimum absolute atomic E-state index is 0.0284. The van der Waals surface area contributed by atoms with Gasteiger partial charge in [-0.3, -0.25) is 0 Å². The molecule has 2 aromatic carbocycles. The zero-order valence-corrected chi connectivity index (χ0v) is 16.0. The van der Waals surface area contributed by atoms with Crippen LogP contribution in [0.15, 0.2) is 24.3 Å². The van der Waals surface area contributed by atoms with Gasteiger partial charge in [0.15, 0.2) is 29.2 Å². The van der Waals surface area contributed by atoms with Crippen molar-refractivity contribution in [3.63, 3.8) is 0 Å². The summed E-state index contributed by atoms with van der Waals surface area (Å²) in [5, 5.41) is 45.3. The van der Waals surface area contributed by atoms with Crippen LogP contribution in [0.1, 0.15) is 28.5 Å². The molecule has 160 valence electrons. The van der Waals surface area contributed by atoms with Crippen molar-refractivity contribution in [2.45, 2.75) is 11.8 Å². The Morgan fingerprint density at radius 1 is 0.742 bits per heavy atom. The van der Waals surface area contributed by atoms with Gasteiger partial charge in [-0.15, -0.1) is 0 Å². The molecule has 0 amide bonds. The molecule has 0 heterocycles. The molecular formula is C21H16F4N4O2. The second kappa shape index (κ2) is 10.4. The van der Waals surface area contributed by atoms with Crippen molar-refractivity contribution < 1.29 is 27.8 Å². The summed E-state index contributed by atoms with van der Waals surface area (Å²) in [5.41, 5.74) is -1.96. The summed E-state index contributed by atoms with van der Waals surface area (Å²) < 4.78 is 58.2. The van der Waals surface area contributed by atoms with Crippen LogP contribution in [-0.4, -0.2) is 36.5 Å². The molecule has 10 heteroatoms. The van der Waals surface area contributed by atoms with Gasteiger partial charge in [-0.05, 0) is 17.7 Å². The van der Waals surface area contributed by atoms with E-state index in [4.69, 9.17) is 20.7 Å². The normalized spacial score (nSPS) is 11.5. The van der Waals surface area contributed by atoms with Crippen molar-refractivity contribution in [1.82, 2.24) is 0 Å². The summed E-state index contributed by atoms with van der Waals surface area (Å²) >= 11 is 0. The molecule has 0 aliphatic rings. The van der Waals surface area contributed by atoms with Crippen LogP contribution in [0.5, 0.6) is 0 Å². The van der Waals surface area contributed by atoms with E-state index in [-0.39, 0.29) is 31.9 Å². The monoisotopic (exact) mass is 432 g/mol. The summed E-state index contributed by atoms with van der Waals surface area (Å²) in [7, 11) is 0. The molecule has 0 aliphatic heterocycles. The third kappa shape index (κ3) is 4.59. The Morgan fingerprint density at radius 3 is 1.58 bits per heavy atom. The van der Waals surface area contributed by atoms with E-state index in [0.29, 0.717) is 5.69 Å². The van der Waals surface area contributed by atoms with Gasteiger partial charge in [-0.2, -0.15) is 15.8 Å². The van der Waals surface area contributed by atoms with Crippen molar-refractivity contribution in [2.75, 3.05) is 31.2 Å². The fraction of sp³-hybridized carbons (Fsp3) is 0.286. The molecule has 0 saturated carbocycles.